The van der Waals surface area contributed by atoms with E-state index in [0.29, 0.717) is 24.7 Å². The lowest BCUT2D eigenvalue weighted by Crippen LogP contribution is -2.38. The molecule has 0 bridgehead atoms. The molecule has 1 fully saturated rings. The van der Waals surface area contributed by atoms with Crippen molar-refractivity contribution in [3.8, 4) is 0 Å². The second kappa shape index (κ2) is 5.79. The summed E-state index contributed by atoms with van der Waals surface area (Å²) in [5, 5.41) is 0. The lowest BCUT2D eigenvalue weighted by atomic mass is 10.2. The van der Waals surface area contributed by atoms with E-state index >= 15 is 0 Å². The lowest BCUT2D eigenvalue weighted by molar-refractivity contribution is -0.0355. The number of H-pyrrole nitrogens is 2. The first kappa shape index (κ1) is 14.0. The molecule has 1 aliphatic heterocycles. The third-order valence-corrected chi connectivity index (χ3v) is 3.67. The van der Waals surface area contributed by atoms with Gasteiger partial charge in [0.1, 0.15) is 11.9 Å². The monoisotopic (exact) mass is 289 g/mol. The second-order valence-electron chi connectivity index (χ2n) is 5.32. The zero-order valence-corrected chi connectivity index (χ0v) is 12.2. The molecule has 1 aliphatic rings. The Balaban J connectivity index is 1.73. The maximum atomic E-state index is 11.6. The van der Waals surface area contributed by atoms with Gasteiger partial charge in [-0.2, -0.15) is 0 Å². The lowest BCUT2D eigenvalue weighted by Gasteiger charge is -2.32. The summed E-state index contributed by atoms with van der Waals surface area (Å²) in [7, 11) is 0. The Labute approximate surface area is 122 Å². The molecule has 3 rings (SSSR count). The van der Waals surface area contributed by atoms with Crippen molar-refractivity contribution < 1.29 is 4.74 Å². The minimum atomic E-state index is -0.168. The zero-order chi connectivity index (χ0) is 14.8. The molecule has 2 aromatic heterocycles. The molecule has 0 amide bonds. The predicted octanol–water partition coefficient (Wildman–Crippen LogP) is 0.683. The predicted molar refractivity (Wildman–Crippen MR) is 76.9 cm³/mol. The van der Waals surface area contributed by atoms with Crippen molar-refractivity contribution in [2.45, 2.75) is 26.5 Å². The molecule has 7 heteroatoms. The van der Waals surface area contributed by atoms with Crippen molar-refractivity contribution in [3.63, 3.8) is 0 Å². The van der Waals surface area contributed by atoms with E-state index < -0.39 is 0 Å². The fourth-order valence-corrected chi connectivity index (χ4v) is 2.55. The van der Waals surface area contributed by atoms with Gasteiger partial charge in [-0.05, 0) is 13.8 Å². The van der Waals surface area contributed by atoms with E-state index in [4.69, 9.17) is 4.74 Å². The number of ether oxygens (including phenoxy) is 1. The molecule has 2 aromatic rings. The summed E-state index contributed by atoms with van der Waals surface area (Å²) in [6.07, 6.45) is 1.54. The van der Waals surface area contributed by atoms with Gasteiger partial charge < -0.3 is 14.7 Å². The normalized spacial score (nSPS) is 19.8. The second-order valence-corrected chi connectivity index (χ2v) is 5.32. The van der Waals surface area contributed by atoms with Gasteiger partial charge in [0, 0.05) is 31.4 Å². The summed E-state index contributed by atoms with van der Waals surface area (Å²) in [5.41, 5.74) is 2.69. The van der Waals surface area contributed by atoms with Gasteiger partial charge in [-0.1, -0.05) is 0 Å². The van der Waals surface area contributed by atoms with Crippen molar-refractivity contribution >= 4 is 0 Å². The Bertz CT molecular complexity index is 678. The van der Waals surface area contributed by atoms with Crippen LogP contribution in [0.3, 0.4) is 0 Å². The van der Waals surface area contributed by atoms with E-state index in [0.717, 1.165) is 24.5 Å². The quantitative estimate of drug-likeness (QED) is 0.868. The SMILES string of the molecule is Cc1nc([C@H]2CN(Cc3nc[nH]c3C)CCO2)cc(=O)[nH]1. The molecular formula is C14H19N5O2. The molecule has 0 spiro atoms. The van der Waals surface area contributed by atoms with Crippen LogP contribution < -0.4 is 5.56 Å². The summed E-state index contributed by atoms with van der Waals surface area (Å²) in [4.78, 5) is 28.3. The summed E-state index contributed by atoms with van der Waals surface area (Å²) in [6.45, 7) is 6.76. The molecule has 0 unspecified atom stereocenters. The van der Waals surface area contributed by atoms with Crippen LogP contribution in [0, 0.1) is 13.8 Å². The molecule has 1 atom stereocenters. The first-order valence-electron chi connectivity index (χ1n) is 7.02. The standard InChI is InChI=1S/C14H19N5O2/c1-9-12(16-8-15-9)6-19-3-4-21-13(7-19)11-5-14(20)18-10(2)17-11/h5,8,13H,3-4,6-7H2,1-2H3,(H,15,16)(H,17,18,20)/t13-/m1/s1. The van der Waals surface area contributed by atoms with Crippen LogP contribution in [0.15, 0.2) is 17.2 Å². The van der Waals surface area contributed by atoms with Gasteiger partial charge in [0.15, 0.2) is 0 Å². The smallest absolute Gasteiger partial charge is 0.251 e. The molecule has 3 heterocycles. The molecule has 7 nitrogen and oxygen atoms in total. The third kappa shape index (κ3) is 3.20. The van der Waals surface area contributed by atoms with Crippen LogP contribution in [0.25, 0.3) is 0 Å². The van der Waals surface area contributed by atoms with Crippen molar-refractivity contribution in [2.75, 3.05) is 19.7 Å². The Morgan fingerprint density at radius 1 is 1.48 bits per heavy atom. The number of imidazole rings is 1. The zero-order valence-electron chi connectivity index (χ0n) is 12.2. The number of aromatic amines is 2. The number of rotatable bonds is 3. The molecule has 0 aliphatic carbocycles. The Morgan fingerprint density at radius 2 is 2.33 bits per heavy atom. The highest BCUT2D eigenvalue weighted by Gasteiger charge is 2.24. The van der Waals surface area contributed by atoms with Gasteiger partial charge in [-0.15, -0.1) is 0 Å². The largest absolute Gasteiger partial charge is 0.369 e. The van der Waals surface area contributed by atoms with Crippen molar-refractivity contribution in [2.24, 2.45) is 0 Å². The minimum Gasteiger partial charge on any atom is -0.369 e. The summed E-state index contributed by atoms with van der Waals surface area (Å²) < 4.78 is 5.77. The molecule has 0 radical (unpaired) electrons. The van der Waals surface area contributed by atoms with E-state index in [-0.39, 0.29) is 11.7 Å². The average molecular weight is 289 g/mol. The van der Waals surface area contributed by atoms with Crippen LogP contribution in [0.2, 0.25) is 0 Å². The van der Waals surface area contributed by atoms with E-state index in [9.17, 15) is 4.79 Å². The maximum Gasteiger partial charge on any atom is 0.251 e. The number of nitrogens with one attached hydrogen (secondary N) is 2. The molecule has 0 saturated carbocycles. The van der Waals surface area contributed by atoms with Crippen LogP contribution in [0.4, 0.5) is 0 Å². The number of aryl methyl sites for hydroxylation is 2. The van der Waals surface area contributed by atoms with Gasteiger partial charge >= 0.3 is 0 Å². The van der Waals surface area contributed by atoms with Crippen molar-refractivity contribution in [1.29, 1.82) is 0 Å². The van der Waals surface area contributed by atoms with Crippen LogP contribution in [0.5, 0.6) is 0 Å². The van der Waals surface area contributed by atoms with Gasteiger partial charge in [-0.25, -0.2) is 9.97 Å². The number of aromatic nitrogens is 4. The number of morpholine rings is 1. The summed E-state index contributed by atoms with van der Waals surface area (Å²) in [6, 6.07) is 1.51. The molecule has 112 valence electrons. The van der Waals surface area contributed by atoms with Crippen molar-refractivity contribution in [1.82, 2.24) is 24.8 Å². The van der Waals surface area contributed by atoms with Crippen LogP contribution >= 0.6 is 0 Å². The first-order valence-corrected chi connectivity index (χ1v) is 7.02. The molecule has 0 aromatic carbocycles. The van der Waals surface area contributed by atoms with Gasteiger partial charge in [-0.3, -0.25) is 9.69 Å². The highest BCUT2D eigenvalue weighted by molar-refractivity contribution is 5.10. The summed E-state index contributed by atoms with van der Waals surface area (Å²) in [5.74, 6) is 0.612. The summed E-state index contributed by atoms with van der Waals surface area (Å²) >= 11 is 0. The fraction of sp³-hybridized carbons (Fsp3) is 0.500. The van der Waals surface area contributed by atoms with E-state index in [1.165, 1.54) is 6.07 Å². The molecule has 1 saturated heterocycles. The minimum absolute atomic E-state index is 0.138. The van der Waals surface area contributed by atoms with Gasteiger partial charge in [0.2, 0.25) is 0 Å². The van der Waals surface area contributed by atoms with Gasteiger partial charge in [0.05, 0.1) is 24.3 Å². The highest BCUT2D eigenvalue weighted by atomic mass is 16.5. The number of hydrogen-bond acceptors (Lipinski definition) is 5. The average Bonchev–Trinajstić information content (AvgIpc) is 2.84. The van der Waals surface area contributed by atoms with E-state index in [1.54, 1.807) is 13.3 Å². The first-order chi connectivity index (χ1) is 10.1. The number of nitrogens with zero attached hydrogens (tertiary/aromatic N) is 3. The Hall–Kier alpha value is -1.99. The van der Waals surface area contributed by atoms with Crippen LogP contribution in [-0.2, 0) is 11.3 Å². The number of hydrogen-bond donors (Lipinski definition) is 2. The molecular weight excluding hydrogens is 270 g/mol. The van der Waals surface area contributed by atoms with Crippen LogP contribution in [0.1, 0.15) is 29.0 Å². The topological polar surface area (TPSA) is 86.9 Å². The molecule has 2 N–H and O–H groups in total. The Kier molecular flexibility index (Phi) is 3.85. The third-order valence-electron chi connectivity index (χ3n) is 3.67. The Morgan fingerprint density at radius 3 is 3.05 bits per heavy atom. The fourth-order valence-electron chi connectivity index (χ4n) is 2.55. The van der Waals surface area contributed by atoms with E-state index in [1.807, 2.05) is 6.92 Å². The van der Waals surface area contributed by atoms with Crippen LogP contribution in [-0.4, -0.2) is 44.5 Å². The van der Waals surface area contributed by atoms with Crippen molar-refractivity contribution in [3.05, 3.63) is 45.7 Å². The molecule has 21 heavy (non-hydrogen) atoms. The van der Waals surface area contributed by atoms with Gasteiger partial charge in [0.25, 0.3) is 5.56 Å². The maximum absolute atomic E-state index is 11.6. The van der Waals surface area contributed by atoms with E-state index in [2.05, 4.69) is 24.8 Å². The highest BCUT2D eigenvalue weighted by Crippen LogP contribution is 2.21.